The van der Waals surface area contributed by atoms with Crippen molar-refractivity contribution in [3.8, 4) is 0 Å². The van der Waals surface area contributed by atoms with E-state index in [1.807, 2.05) is 65.0 Å². The molecule has 0 unspecified atom stereocenters. The van der Waals surface area contributed by atoms with Crippen molar-refractivity contribution < 1.29 is 19.0 Å². The highest BCUT2D eigenvalue weighted by Crippen LogP contribution is 2.32. The fourth-order valence-electron chi connectivity index (χ4n) is 4.07. The standard InChI is InChI=1S/C25H39NO4/c1-8-12-22-15-19(6)23(30-25(27)26(17(2)3)18(4)5)24(29-22)20(7)28-16-21-13-10-9-11-14-21/h9-11,13-14,17-18,20,22-24H,6,8,12,15-16H2,1-5,7H3/t20-,22+,23-,24+/m0/s1. The molecule has 1 amide bonds. The maximum atomic E-state index is 13.0. The van der Waals surface area contributed by atoms with Crippen LogP contribution in [0.25, 0.3) is 0 Å². The lowest BCUT2D eigenvalue weighted by molar-refractivity contribution is -0.157. The summed E-state index contributed by atoms with van der Waals surface area (Å²) in [6.45, 7) is 16.8. The maximum absolute atomic E-state index is 13.0. The van der Waals surface area contributed by atoms with Crippen LogP contribution < -0.4 is 0 Å². The predicted molar refractivity (Wildman–Crippen MR) is 120 cm³/mol. The first kappa shape index (κ1) is 24.4. The third-order valence-electron chi connectivity index (χ3n) is 5.52. The Bertz CT molecular complexity index is 665. The normalized spacial score (nSPS) is 22.9. The molecule has 168 valence electrons. The third-order valence-corrected chi connectivity index (χ3v) is 5.52. The Labute approximate surface area is 182 Å². The monoisotopic (exact) mass is 417 g/mol. The minimum Gasteiger partial charge on any atom is -0.439 e. The van der Waals surface area contributed by atoms with Gasteiger partial charge in [0.25, 0.3) is 0 Å². The molecule has 1 aromatic carbocycles. The Morgan fingerprint density at radius 2 is 1.80 bits per heavy atom. The van der Waals surface area contributed by atoms with E-state index in [9.17, 15) is 4.79 Å². The van der Waals surface area contributed by atoms with Crippen LogP contribution in [0.15, 0.2) is 42.5 Å². The largest absolute Gasteiger partial charge is 0.439 e. The fourth-order valence-corrected chi connectivity index (χ4v) is 4.07. The molecule has 1 saturated heterocycles. The molecule has 4 atom stereocenters. The Kier molecular flexibility index (Phi) is 9.37. The molecular weight excluding hydrogens is 378 g/mol. The molecule has 0 spiro atoms. The SMILES string of the molecule is C=C1C[C@@H](CCC)O[C@H]([C@H](C)OCc2ccccc2)[C@H]1OC(=O)N(C(C)C)C(C)C. The van der Waals surface area contributed by atoms with E-state index in [1.165, 1.54) is 0 Å². The second kappa shape index (κ2) is 11.5. The molecule has 1 aliphatic heterocycles. The molecule has 0 bridgehead atoms. The van der Waals surface area contributed by atoms with Crippen LogP contribution in [-0.4, -0.2) is 47.5 Å². The number of nitrogens with zero attached hydrogens (tertiary/aromatic N) is 1. The van der Waals surface area contributed by atoms with Gasteiger partial charge in [0.2, 0.25) is 0 Å². The van der Waals surface area contributed by atoms with Crippen molar-refractivity contribution in [3.05, 3.63) is 48.0 Å². The average molecular weight is 418 g/mol. The van der Waals surface area contributed by atoms with Gasteiger partial charge < -0.3 is 19.1 Å². The lowest BCUT2D eigenvalue weighted by atomic mass is 9.91. The molecule has 5 nitrogen and oxygen atoms in total. The summed E-state index contributed by atoms with van der Waals surface area (Å²) in [5.74, 6) is 0. The molecule has 0 radical (unpaired) electrons. The van der Waals surface area contributed by atoms with Crippen LogP contribution in [0.4, 0.5) is 4.79 Å². The van der Waals surface area contributed by atoms with Gasteiger partial charge in [0.15, 0.2) is 6.10 Å². The van der Waals surface area contributed by atoms with Gasteiger partial charge in [-0.2, -0.15) is 0 Å². The molecule has 30 heavy (non-hydrogen) atoms. The van der Waals surface area contributed by atoms with Crippen molar-refractivity contribution in [2.75, 3.05) is 0 Å². The van der Waals surface area contributed by atoms with E-state index >= 15 is 0 Å². The van der Waals surface area contributed by atoms with Crippen LogP contribution in [0.5, 0.6) is 0 Å². The summed E-state index contributed by atoms with van der Waals surface area (Å²) in [6.07, 6.45) is 1.30. The summed E-state index contributed by atoms with van der Waals surface area (Å²) < 4.78 is 18.5. The predicted octanol–water partition coefficient (Wildman–Crippen LogP) is 5.73. The number of hydrogen-bond donors (Lipinski definition) is 0. The number of amides is 1. The van der Waals surface area contributed by atoms with Crippen LogP contribution in [0.2, 0.25) is 0 Å². The number of hydrogen-bond acceptors (Lipinski definition) is 4. The quantitative estimate of drug-likeness (QED) is 0.482. The van der Waals surface area contributed by atoms with Crippen LogP contribution in [0.3, 0.4) is 0 Å². The molecule has 2 rings (SSSR count). The molecule has 0 saturated carbocycles. The van der Waals surface area contributed by atoms with Gasteiger partial charge in [-0.05, 0) is 58.6 Å². The molecule has 0 N–H and O–H groups in total. The third kappa shape index (κ3) is 6.58. The minimum absolute atomic E-state index is 0.0494. The van der Waals surface area contributed by atoms with Gasteiger partial charge >= 0.3 is 6.09 Å². The van der Waals surface area contributed by atoms with Crippen LogP contribution in [0.1, 0.15) is 66.4 Å². The van der Waals surface area contributed by atoms with Crippen LogP contribution in [-0.2, 0) is 20.8 Å². The first-order valence-corrected chi connectivity index (χ1v) is 11.2. The van der Waals surface area contributed by atoms with Crippen molar-refractivity contribution in [2.24, 2.45) is 0 Å². The Morgan fingerprint density at radius 1 is 1.17 bits per heavy atom. The summed E-state index contributed by atoms with van der Waals surface area (Å²) in [5, 5.41) is 0. The zero-order valence-electron chi connectivity index (χ0n) is 19.5. The van der Waals surface area contributed by atoms with Crippen LogP contribution in [0, 0.1) is 0 Å². The van der Waals surface area contributed by atoms with Gasteiger partial charge in [-0.15, -0.1) is 0 Å². The van der Waals surface area contributed by atoms with E-state index in [-0.39, 0.29) is 36.5 Å². The van der Waals surface area contributed by atoms with Gasteiger partial charge in [0.05, 0.1) is 18.8 Å². The summed E-state index contributed by atoms with van der Waals surface area (Å²) >= 11 is 0. The zero-order valence-corrected chi connectivity index (χ0v) is 19.5. The van der Waals surface area contributed by atoms with Gasteiger partial charge in [0, 0.05) is 12.1 Å². The van der Waals surface area contributed by atoms with E-state index < -0.39 is 6.10 Å². The van der Waals surface area contributed by atoms with E-state index in [1.54, 1.807) is 4.90 Å². The summed E-state index contributed by atoms with van der Waals surface area (Å²) in [4.78, 5) is 14.7. The number of rotatable bonds is 9. The van der Waals surface area contributed by atoms with Crippen LogP contribution >= 0.6 is 0 Å². The summed E-state index contributed by atoms with van der Waals surface area (Å²) in [5.41, 5.74) is 2.00. The fraction of sp³-hybridized carbons (Fsp3) is 0.640. The highest BCUT2D eigenvalue weighted by atomic mass is 16.6. The smallest absolute Gasteiger partial charge is 0.410 e. The molecule has 1 aromatic rings. The molecular formula is C25H39NO4. The first-order chi connectivity index (χ1) is 14.2. The minimum atomic E-state index is -0.517. The van der Waals surface area contributed by atoms with E-state index in [0.717, 1.165) is 24.0 Å². The van der Waals surface area contributed by atoms with Gasteiger partial charge in [-0.3, -0.25) is 0 Å². The van der Waals surface area contributed by atoms with Gasteiger partial charge in [0.1, 0.15) is 6.10 Å². The average Bonchev–Trinajstić information content (AvgIpc) is 2.68. The molecule has 5 heteroatoms. The lowest BCUT2D eigenvalue weighted by Crippen LogP contribution is -2.52. The number of carbonyl (C=O) groups excluding carboxylic acids is 1. The Morgan fingerprint density at radius 3 is 2.37 bits per heavy atom. The van der Waals surface area contributed by atoms with Crippen molar-refractivity contribution in [1.29, 1.82) is 0 Å². The highest BCUT2D eigenvalue weighted by molar-refractivity contribution is 5.69. The molecule has 0 aliphatic carbocycles. The zero-order chi connectivity index (χ0) is 22.3. The second-order valence-corrected chi connectivity index (χ2v) is 8.77. The highest BCUT2D eigenvalue weighted by Gasteiger charge is 2.41. The lowest BCUT2D eigenvalue weighted by Gasteiger charge is -2.41. The summed E-state index contributed by atoms with van der Waals surface area (Å²) in [7, 11) is 0. The van der Waals surface area contributed by atoms with Gasteiger partial charge in [-0.1, -0.05) is 50.3 Å². The number of carbonyl (C=O) groups is 1. The summed E-state index contributed by atoms with van der Waals surface area (Å²) in [6, 6.07) is 10.2. The topological polar surface area (TPSA) is 48.0 Å². The Balaban J connectivity index is 2.14. The Hall–Kier alpha value is -1.85. The molecule has 1 aliphatic rings. The van der Waals surface area contributed by atoms with E-state index in [4.69, 9.17) is 14.2 Å². The maximum Gasteiger partial charge on any atom is 0.410 e. The van der Waals surface area contributed by atoms with Crippen molar-refractivity contribution in [3.63, 3.8) is 0 Å². The van der Waals surface area contributed by atoms with Crippen molar-refractivity contribution >= 4 is 6.09 Å². The molecule has 0 aromatic heterocycles. The van der Waals surface area contributed by atoms with Crippen molar-refractivity contribution in [2.45, 2.75) is 104 Å². The molecule has 1 heterocycles. The van der Waals surface area contributed by atoms with Gasteiger partial charge in [-0.25, -0.2) is 4.79 Å². The number of ether oxygens (including phenoxy) is 3. The number of benzene rings is 1. The first-order valence-electron chi connectivity index (χ1n) is 11.2. The van der Waals surface area contributed by atoms with E-state index in [2.05, 4.69) is 13.5 Å². The van der Waals surface area contributed by atoms with Crippen molar-refractivity contribution in [1.82, 2.24) is 4.90 Å². The van der Waals surface area contributed by atoms with E-state index in [0.29, 0.717) is 13.0 Å². The molecule has 1 fully saturated rings. The second-order valence-electron chi connectivity index (χ2n) is 8.77.